The van der Waals surface area contributed by atoms with Crippen LogP contribution in [0.1, 0.15) is 5.56 Å². The molecule has 0 aliphatic carbocycles. The largest absolute Gasteiger partial charge is 0.419 e. The summed E-state index contributed by atoms with van der Waals surface area (Å²) in [7, 11) is 1.69. The molecule has 0 saturated carbocycles. The number of nitrogens with zero attached hydrogens (tertiary/aromatic N) is 2. The molecule has 110 valence electrons. The molecule has 2 heterocycles. The maximum Gasteiger partial charge on any atom is 0.419 e. The van der Waals surface area contributed by atoms with Gasteiger partial charge in [0.1, 0.15) is 0 Å². The molecular formula is C16H14N4O2. The fraction of sp³-hybridized carbons (Fsp3) is 0.125. The molecule has 0 spiro atoms. The van der Waals surface area contributed by atoms with Crippen molar-refractivity contribution in [1.29, 1.82) is 0 Å². The van der Waals surface area contributed by atoms with Gasteiger partial charge < -0.3 is 9.73 Å². The zero-order chi connectivity index (χ0) is 15.1. The Kier molecular flexibility index (Phi) is 2.75. The molecule has 4 rings (SSSR count). The van der Waals surface area contributed by atoms with Gasteiger partial charge in [0, 0.05) is 30.7 Å². The fourth-order valence-corrected chi connectivity index (χ4v) is 2.62. The van der Waals surface area contributed by atoms with Crippen LogP contribution in [0.4, 0.5) is 5.69 Å². The van der Waals surface area contributed by atoms with E-state index < -0.39 is 0 Å². The first-order valence-electron chi connectivity index (χ1n) is 6.97. The van der Waals surface area contributed by atoms with Crippen LogP contribution in [0.3, 0.4) is 0 Å². The third kappa shape index (κ3) is 1.96. The van der Waals surface area contributed by atoms with Crippen molar-refractivity contribution >= 4 is 27.7 Å². The minimum atomic E-state index is -0.352. The lowest BCUT2D eigenvalue weighted by atomic mass is 10.1. The van der Waals surface area contributed by atoms with E-state index in [0.29, 0.717) is 12.1 Å². The summed E-state index contributed by atoms with van der Waals surface area (Å²) < 4.78 is 6.69. The molecule has 4 aromatic rings. The molecule has 6 heteroatoms. The molecule has 2 N–H and O–H groups in total. The van der Waals surface area contributed by atoms with Crippen LogP contribution in [-0.2, 0) is 13.6 Å². The highest BCUT2D eigenvalue weighted by Gasteiger charge is 2.07. The molecule has 6 nitrogen and oxygen atoms in total. The molecule has 0 saturated heterocycles. The second-order valence-corrected chi connectivity index (χ2v) is 5.21. The lowest BCUT2D eigenvalue weighted by Crippen LogP contribution is -2.08. The predicted molar refractivity (Wildman–Crippen MR) is 84.9 cm³/mol. The van der Waals surface area contributed by atoms with Crippen molar-refractivity contribution in [3.05, 3.63) is 58.7 Å². The first kappa shape index (κ1) is 12.7. The second kappa shape index (κ2) is 4.77. The fourth-order valence-electron chi connectivity index (χ4n) is 2.62. The Balaban J connectivity index is 1.64. The van der Waals surface area contributed by atoms with E-state index in [1.165, 1.54) is 4.57 Å². The van der Waals surface area contributed by atoms with E-state index in [2.05, 4.69) is 21.6 Å². The number of aromatic amines is 1. The Hall–Kier alpha value is -3.02. The Labute approximate surface area is 125 Å². The average Bonchev–Trinajstić information content (AvgIpc) is 3.11. The Bertz CT molecular complexity index is 1030. The van der Waals surface area contributed by atoms with Gasteiger partial charge in [0.2, 0.25) is 0 Å². The number of hydrogen-bond acceptors (Lipinski definition) is 4. The van der Waals surface area contributed by atoms with Crippen molar-refractivity contribution in [2.45, 2.75) is 6.54 Å². The average molecular weight is 294 g/mol. The molecular weight excluding hydrogens is 280 g/mol. The first-order valence-corrected chi connectivity index (χ1v) is 6.97. The number of para-hydroxylation sites is 1. The first-order chi connectivity index (χ1) is 10.7. The third-order valence-corrected chi connectivity index (χ3v) is 3.84. The van der Waals surface area contributed by atoms with Crippen LogP contribution in [0.5, 0.6) is 0 Å². The van der Waals surface area contributed by atoms with Crippen molar-refractivity contribution in [2.24, 2.45) is 7.05 Å². The number of fused-ring (bicyclic) bond motifs is 2. The van der Waals surface area contributed by atoms with E-state index in [9.17, 15) is 4.79 Å². The molecule has 2 aromatic carbocycles. The molecule has 0 bridgehead atoms. The zero-order valence-electron chi connectivity index (χ0n) is 12.0. The van der Waals surface area contributed by atoms with E-state index in [1.54, 1.807) is 7.05 Å². The second-order valence-electron chi connectivity index (χ2n) is 5.21. The predicted octanol–water partition coefficient (Wildman–Crippen LogP) is 2.62. The van der Waals surface area contributed by atoms with Crippen LogP contribution in [0, 0.1) is 0 Å². The summed E-state index contributed by atoms with van der Waals surface area (Å²) in [5.41, 5.74) is 4.42. The highest BCUT2D eigenvalue weighted by atomic mass is 16.4. The van der Waals surface area contributed by atoms with Gasteiger partial charge in [-0.2, -0.15) is 5.10 Å². The van der Waals surface area contributed by atoms with Gasteiger partial charge in [-0.3, -0.25) is 9.67 Å². The molecule has 0 aliphatic rings. The van der Waals surface area contributed by atoms with E-state index >= 15 is 0 Å². The Morgan fingerprint density at radius 2 is 2.23 bits per heavy atom. The quantitative estimate of drug-likeness (QED) is 0.609. The smallest absolute Gasteiger partial charge is 0.408 e. The highest BCUT2D eigenvalue weighted by Crippen LogP contribution is 2.20. The summed E-state index contributed by atoms with van der Waals surface area (Å²) in [6.07, 6.45) is 1.81. The molecule has 2 aromatic heterocycles. The van der Waals surface area contributed by atoms with Crippen molar-refractivity contribution in [3.63, 3.8) is 0 Å². The van der Waals surface area contributed by atoms with Gasteiger partial charge in [-0.25, -0.2) is 4.79 Å². The van der Waals surface area contributed by atoms with Gasteiger partial charge in [-0.1, -0.05) is 18.2 Å². The van der Waals surface area contributed by atoms with Gasteiger partial charge in [-0.15, -0.1) is 0 Å². The van der Waals surface area contributed by atoms with Crippen LogP contribution in [0.15, 0.2) is 51.8 Å². The standard InChI is InChI=1S/C16H14N4O2/c1-20-13-6-5-12(7-14(13)22-16(20)21)17-8-10-3-2-4-11-9-18-19-15(10)11/h2-7,9,17H,8H2,1H3,(H,18,19). The summed E-state index contributed by atoms with van der Waals surface area (Å²) in [5.74, 6) is -0.352. The Morgan fingerprint density at radius 1 is 1.32 bits per heavy atom. The number of benzene rings is 2. The minimum Gasteiger partial charge on any atom is -0.408 e. The maximum absolute atomic E-state index is 11.5. The number of oxazole rings is 1. The van der Waals surface area contributed by atoms with Gasteiger partial charge in [-0.05, 0) is 17.7 Å². The number of rotatable bonds is 3. The third-order valence-electron chi connectivity index (χ3n) is 3.84. The number of aromatic nitrogens is 3. The van der Waals surface area contributed by atoms with Crippen LogP contribution in [0.2, 0.25) is 0 Å². The van der Waals surface area contributed by atoms with Crippen molar-refractivity contribution in [1.82, 2.24) is 14.8 Å². The molecule has 22 heavy (non-hydrogen) atoms. The number of aryl methyl sites for hydroxylation is 1. The van der Waals surface area contributed by atoms with Crippen molar-refractivity contribution < 1.29 is 4.42 Å². The summed E-state index contributed by atoms with van der Waals surface area (Å²) in [4.78, 5) is 11.5. The molecule has 0 fully saturated rings. The van der Waals surface area contributed by atoms with E-state index in [1.807, 2.05) is 36.5 Å². The number of hydrogen-bond donors (Lipinski definition) is 2. The summed E-state index contributed by atoms with van der Waals surface area (Å²) in [5, 5.41) is 11.5. The summed E-state index contributed by atoms with van der Waals surface area (Å²) >= 11 is 0. The van der Waals surface area contributed by atoms with Gasteiger partial charge in [0.25, 0.3) is 0 Å². The number of anilines is 1. The molecule has 0 atom stereocenters. The number of H-pyrrole nitrogens is 1. The van der Waals surface area contributed by atoms with Gasteiger partial charge in [0.15, 0.2) is 5.58 Å². The molecule has 0 unspecified atom stereocenters. The zero-order valence-corrected chi connectivity index (χ0v) is 12.0. The van der Waals surface area contributed by atoms with Gasteiger partial charge >= 0.3 is 5.76 Å². The SMILES string of the molecule is Cn1c(=O)oc2cc(NCc3cccc4cn[nH]c34)ccc21. The van der Waals surface area contributed by atoms with Crippen molar-refractivity contribution in [3.8, 4) is 0 Å². The normalized spacial score (nSPS) is 11.3. The topological polar surface area (TPSA) is 75.8 Å². The number of nitrogens with one attached hydrogen (secondary N) is 2. The van der Waals surface area contributed by atoms with Crippen LogP contribution in [-0.4, -0.2) is 14.8 Å². The Morgan fingerprint density at radius 3 is 3.14 bits per heavy atom. The molecule has 0 radical (unpaired) electrons. The molecule has 0 amide bonds. The summed E-state index contributed by atoms with van der Waals surface area (Å²) in [6.45, 7) is 0.655. The summed E-state index contributed by atoms with van der Waals surface area (Å²) in [6, 6.07) is 11.7. The van der Waals surface area contributed by atoms with Crippen LogP contribution < -0.4 is 11.1 Å². The monoisotopic (exact) mass is 294 g/mol. The van der Waals surface area contributed by atoms with Crippen LogP contribution in [0.25, 0.3) is 22.0 Å². The van der Waals surface area contributed by atoms with Gasteiger partial charge in [0.05, 0.1) is 17.2 Å². The van der Waals surface area contributed by atoms with E-state index in [0.717, 1.165) is 27.7 Å². The van der Waals surface area contributed by atoms with Crippen LogP contribution >= 0.6 is 0 Å². The minimum absolute atomic E-state index is 0.352. The maximum atomic E-state index is 11.5. The lowest BCUT2D eigenvalue weighted by Gasteiger charge is -2.07. The molecule has 0 aliphatic heterocycles. The lowest BCUT2D eigenvalue weighted by molar-refractivity contribution is 0.528. The van der Waals surface area contributed by atoms with Crippen molar-refractivity contribution in [2.75, 3.05) is 5.32 Å². The van der Waals surface area contributed by atoms with E-state index in [-0.39, 0.29) is 5.76 Å². The highest BCUT2D eigenvalue weighted by molar-refractivity contribution is 5.81. The van der Waals surface area contributed by atoms with E-state index in [4.69, 9.17) is 4.42 Å².